The Morgan fingerprint density at radius 3 is 2.65 bits per heavy atom. The van der Waals surface area contributed by atoms with Crippen LogP contribution >= 0.6 is 0 Å². The Morgan fingerprint density at radius 1 is 1.00 bits per heavy atom. The number of amides is 1. The number of carbonyl (C=O) groups excluding carboxylic acids is 1. The van der Waals surface area contributed by atoms with Gasteiger partial charge in [0.1, 0.15) is 11.9 Å². The van der Waals surface area contributed by atoms with Gasteiger partial charge in [-0.05, 0) is 92.1 Å². The number of aromatic nitrogens is 2. The lowest BCUT2D eigenvalue weighted by atomic mass is 10.0. The summed E-state index contributed by atoms with van der Waals surface area (Å²) in [6, 6.07) is 23.2. The Bertz CT molecular complexity index is 1790. The summed E-state index contributed by atoms with van der Waals surface area (Å²) in [5.41, 5.74) is 5.89. The Kier molecular flexibility index (Phi) is 8.27. The number of hydrogen-bond acceptors (Lipinski definition) is 5. The second-order valence-corrected chi connectivity index (χ2v) is 11.1. The van der Waals surface area contributed by atoms with Crippen molar-refractivity contribution in [3.8, 4) is 5.75 Å². The molecule has 3 aromatic carbocycles. The topological polar surface area (TPSA) is 103 Å². The molecular weight excluding hydrogens is 542 g/mol. The molecule has 6 rings (SSSR count). The van der Waals surface area contributed by atoms with E-state index in [0.29, 0.717) is 17.9 Å². The van der Waals surface area contributed by atoms with Crippen LogP contribution in [0.5, 0.6) is 5.75 Å². The summed E-state index contributed by atoms with van der Waals surface area (Å²) in [5, 5.41) is 14.5. The van der Waals surface area contributed by atoms with Crippen molar-refractivity contribution in [2.75, 3.05) is 12.4 Å². The number of benzene rings is 3. The summed E-state index contributed by atoms with van der Waals surface area (Å²) in [5.74, 6) is -0.472. The zero-order valence-corrected chi connectivity index (χ0v) is 24.2. The van der Waals surface area contributed by atoms with E-state index in [1.54, 1.807) is 25.3 Å². The molecule has 0 aliphatic heterocycles. The third-order valence-corrected chi connectivity index (χ3v) is 8.19. The zero-order chi connectivity index (χ0) is 29.8. The minimum absolute atomic E-state index is 0.0151. The molecule has 0 unspecified atom stereocenters. The minimum atomic E-state index is -0.998. The fourth-order valence-corrected chi connectivity index (χ4v) is 5.99. The van der Waals surface area contributed by atoms with Crippen LogP contribution in [0.2, 0.25) is 0 Å². The zero-order valence-electron chi connectivity index (χ0n) is 24.2. The Morgan fingerprint density at radius 2 is 1.84 bits per heavy atom. The molecule has 1 fully saturated rings. The monoisotopic (exact) mass is 577 g/mol. The Hall–Kier alpha value is -4.85. The van der Waals surface area contributed by atoms with Gasteiger partial charge >= 0.3 is 12.1 Å². The van der Waals surface area contributed by atoms with Crippen LogP contribution in [-0.2, 0) is 24.1 Å². The molecule has 5 aromatic rings. The van der Waals surface area contributed by atoms with E-state index in [9.17, 15) is 14.7 Å². The number of methoxy groups -OCH3 is 1. The van der Waals surface area contributed by atoms with Crippen molar-refractivity contribution in [1.29, 1.82) is 0 Å². The maximum atomic E-state index is 12.6. The van der Waals surface area contributed by atoms with Crippen LogP contribution in [0.1, 0.15) is 59.3 Å². The Balaban J connectivity index is 1.26. The number of rotatable bonds is 10. The third kappa shape index (κ3) is 6.48. The first-order chi connectivity index (χ1) is 21.0. The average Bonchev–Trinajstić information content (AvgIpc) is 3.64. The third-order valence-electron chi connectivity index (χ3n) is 8.19. The van der Waals surface area contributed by atoms with Gasteiger partial charge in [0.2, 0.25) is 0 Å². The van der Waals surface area contributed by atoms with E-state index >= 15 is 0 Å². The quantitative estimate of drug-likeness (QED) is 0.177. The lowest BCUT2D eigenvalue weighted by molar-refractivity contribution is 0.0696. The number of fused-ring (bicyclic) bond motifs is 2. The first-order valence-electron chi connectivity index (χ1n) is 14.8. The highest BCUT2D eigenvalue weighted by molar-refractivity contribution is 5.92. The van der Waals surface area contributed by atoms with Gasteiger partial charge in [0.25, 0.3) is 0 Å². The summed E-state index contributed by atoms with van der Waals surface area (Å²) in [6.45, 7) is 0.788. The normalized spacial score (nSPS) is 13.4. The molecule has 0 radical (unpaired) electrons. The number of hydrogen-bond donors (Lipinski definition) is 2. The number of carbonyl (C=O) groups is 2. The van der Waals surface area contributed by atoms with Crippen molar-refractivity contribution < 1.29 is 24.2 Å². The SMILES string of the molecule is COc1cc(C(=O)O)ccc1Cc1cn(CCCc2ccc3ccccc3n2)c2ccc(NC(=O)OC3CCCC3)cc12. The maximum Gasteiger partial charge on any atom is 0.411 e. The number of carboxylic acid groups (broad SMARTS) is 1. The second kappa shape index (κ2) is 12.6. The molecule has 220 valence electrons. The molecule has 43 heavy (non-hydrogen) atoms. The lowest BCUT2D eigenvalue weighted by Gasteiger charge is -2.13. The van der Waals surface area contributed by atoms with E-state index in [1.807, 2.05) is 36.4 Å². The van der Waals surface area contributed by atoms with E-state index in [4.69, 9.17) is 14.5 Å². The number of aryl methyl sites for hydroxylation is 2. The van der Waals surface area contributed by atoms with Crippen molar-refractivity contribution in [3.05, 3.63) is 101 Å². The molecule has 1 aliphatic carbocycles. The van der Waals surface area contributed by atoms with Gasteiger partial charge in [-0.3, -0.25) is 10.3 Å². The van der Waals surface area contributed by atoms with Crippen LogP contribution in [0.3, 0.4) is 0 Å². The van der Waals surface area contributed by atoms with E-state index in [-0.39, 0.29) is 11.7 Å². The molecule has 2 heterocycles. The molecule has 0 atom stereocenters. The van der Waals surface area contributed by atoms with Crippen LogP contribution < -0.4 is 10.1 Å². The average molecular weight is 578 g/mol. The highest BCUT2D eigenvalue weighted by atomic mass is 16.6. The minimum Gasteiger partial charge on any atom is -0.496 e. The number of nitrogens with one attached hydrogen (secondary N) is 1. The highest BCUT2D eigenvalue weighted by Gasteiger charge is 2.20. The van der Waals surface area contributed by atoms with Crippen LogP contribution in [0, 0.1) is 0 Å². The molecule has 2 N–H and O–H groups in total. The number of para-hydroxylation sites is 1. The van der Waals surface area contributed by atoms with Crippen molar-refractivity contribution >= 4 is 39.6 Å². The van der Waals surface area contributed by atoms with Gasteiger partial charge in [0.15, 0.2) is 0 Å². The molecule has 1 saturated carbocycles. The van der Waals surface area contributed by atoms with Gasteiger partial charge in [-0.1, -0.05) is 30.3 Å². The van der Waals surface area contributed by atoms with E-state index < -0.39 is 12.1 Å². The predicted molar refractivity (Wildman–Crippen MR) is 167 cm³/mol. The summed E-state index contributed by atoms with van der Waals surface area (Å²) < 4.78 is 13.4. The molecule has 8 nitrogen and oxygen atoms in total. The van der Waals surface area contributed by atoms with Crippen LogP contribution in [0.4, 0.5) is 10.5 Å². The molecule has 2 aromatic heterocycles. The fourth-order valence-electron chi connectivity index (χ4n) is 5.99. The molecule has 1 amide bonds. The van der Waals surface area contributed by atoms with Crippen LogP contribution in [-0.4, -0.2) is 39.9 Å². The summed E-state index contributed by atoms with van der Waals surface area (Å²) in [4.78, 5) is 28.9. The number of nitrogens with zero attached hydrogens (tertiary/aromatic N) is 2. The number of pyridine rings is 1. The number of anilines is 1. The molecular formula is C35H35N3O5. The van der Waals surface area contributed by atoms with Crippen LogP contribution in [0.25, 0.3) is 21.8 Å². The van der Waals surface area contributed by atoms with Gasteiger partial charge in [-0.25, -0.2) is 9.59 Å². The first-order valence-corrected chi connectivity index (χ1v) is 14.8. The van der Waals surface area contributed by atoms with Gasteiger partial charge in [-0.2, -0.15) is 0 Å². The number of carboxylic acids is 1. The van der Waals surface area contributed by atoms with Gasteiger partial charge in [-0.15, -0.1) is 0 Å². The van der Waals surface area contributed by atoms with Gasteiger partial charge < -0.3 is 19.1 Å². The summed E-state index contributed by atoms with van der Waals surface area (Å²) >= 11 is 0. The van der Waals surface area contributed by atoms with Crippen LogP contribution in [0.15, 0.2) is 79.0 Å². The fraction of sp³-hybridized carbons (Fsp3) is 0.286. The molecule has 8 heteroatoms. The molecule has 0 saturated heterocycles. The standard InChI is InChI=1S/C35H35N3O5/c1-42-33-20-25(34(39)40)13-12-24(33)19-26-22-38(18-6-8-27-15-14-23-7-2-5-11-31(23)36-27)32-17-16-28(21-30(26)32)37-35(41)43-29-9-3-4-10-29/h2,5,7,11-17,20-22,29H,3-4,6,8-10,18-19H2,1H3,(H,37,41)(H,39,40). The van der Waals surface area contributed by atoms with Gasteiger partial charge in [0.05, 0.1) is 18.2 Å². The first kappa shape index (κ1) is 28.3. The Labute approximate surface area is 250 Å². The highest BCUT2D eigenvalue weighted by Crippen LogP contribution is 2.31. The van der Waals surface area contributed by atoms with Crippen molar-refractivity contribution in [1.82, 2.24) is 9.55 Å². The van der Waals surface area contributed by atoms with Crippen molar-refractivity contribution in [3.63, 3.8) is 0 Å². The van der Waals surface area contributed by atoms with E-state index in [0.717, 1.165) is 83.7 Å². The predicted octanol–water partition coefficient (Wildman–Crippen LogP) is 7.61. The molecule has 0 bridgehead atoms. The smallest absolute Gasteiger partial charge is 0.411 e. The maximum absolute atomic E-state index is 12.6. The summed E-state index contributed by atoms with van der Waals surface area (Å²) in [6.07, 6.45) is 7.99. The van der Waals surface area contributed by atoms with Gasteiger partial charge in [0, 0.05) is 46.8 Å². The molecule has 1 aliphatic rings. The molecule has 0 spiro atoms. The number of ether oxygens (including phenoxy) is 2. The second-order valence-electron chi connectivity index (χ2n) is 11.1. The van der Waals surface area contributed by atoms with E-state index in [1.165, 1.54) is 0 Å². The largest absolute Gasteiger partial charge is 0.496 e. The van der Waals surface area contributed by atoms with Crippen molar-refractivity contribution in [2.24, 2.45) is 0 Å². The lowest BCUT2D eigenvalue weighted by Crippen LogP contribution is -2.20. The number of aromatic carboxylic acids is 1. The van der Waals surface area contributed by atoms with Crippen molar-refractivity contribution in [2.45, 2.75) is 57.6 Å². The summed E-state index contributed by atoms with van der Waals surface area (Å²) in [7, 11) is 1.55. The van der Waals surface area contributed by atoms with E-state index in [2.05, 4.69) is 34.3 Å².